The van der Waals surface area contributed by atoms with E-state index in [9.17, 15) is 4.79 Å². The lowest BCUT2D eigenvalue weighted by Crippen LogP contribution is -2.25. The fourth-order valence-electron chi connectivity index (χ4n) is 3.53. The zero-order valence-electron chi connectivity index (χ0n) is 18.1. The predicted molar refractivity (Wildman–Crippen MR) is 113 cm³/mol. The molecule has 1 amide bonds. The molecule has 0 aliphatic heterocycles. The molecule has 0 bridgehead atoms. The van der Waals surface area contributed by atoms with Crippen molar-refractivity contribution in [3.8, 4) is 5.75 Å². The molecule has 0 saturated carbocycles. The molecule has 0 radical (unpaired) electrons. The first kappa shape index (κ1) is 22.3. The van der Waals surface area contributed by atoms with E-state index in [0.29, 0.717) is 13.0 Å². The molecule has 0 spiro atoms. The Hall–Kier alpha value is -2.04. The molecule has 1 aromatic heterocycles. The van der Waals surface area contributed by atoms with Gasteiger partial charge in [-0.05, 0) is 43.2 Å². The van der Waals surface area contributed by atoms with Crippen LogP contribution in [0.5, 0.6) is 5.75 Å². The number of hydrogen-bond acceptors (Lipinski definition) is 4. The lowest BCUT2D eigenvalue weighted by molar-refractivity contribution is -0.122. The van der Waals surface area contributed by atoms with Crippen LogP contribution in [-0.2, 0) is 17.6 Å². The summed E-state index contributed by atoms with van der Waals surface area (Å²) in [5.74, 6) is 0.469. The van der Waals surface area contributed by atoms with Crippen LogP contribution >= 0.6 is 0 Å². The van der Waals surface area contributed by atoms with Crippen LogP contribution in [0.3, 0.4) is 0 Å². The standard InChI is InChI=1S/C23H36N2O3/c1-6-8-10-16(22(24)26)13-14-27-20-12-11-17-19(15-23(3,4)5)25-28-21(17)18(20)9-7-2/h11-12,16H,6-10,13-15H2,1-5H3,(H2,24,26). The molecule has 2 rings (SSSR count). The molecule has 156 valence electrons. The van der Waals surface area contributed by atoms with E-state index in [1.807, 2.05) is 12.1 Å². The summed E-state index contributed by atoms with van der Waals surface area (Å²) in [5, 5.41) is 5.41. The number of carbonyl (C=O) groups excluding carboxylic acids is 1. The number of unbranched alkanes of at least 4 members (excludes halogenated alkanes) is 1. The number of fused-ring (bicyclic) bond motifs is 1. The van der Waals surface area contributed by atoms with Crippen LogP contribution in [0.2, 0.25) is 0 Å². The van der Waals surface area contributed by atoms with Gasteiger partial charge in [0, 0.05) is 16.9 Å². The number of rotatable bonds is 11. The van der Waals surface area contributed by atoms with Crippen molar-refractivity contribution in [2.24, 2.45) is 17.1 Å². The maximum atomic E-state index is 11.7. The van der Waals surface area contributed by atoms with Gasteiger partial charge in [-0.2, -0.15) is 0 Å². The molecular weight excluding hydrogens is 352 g/mol. The monoisotopic (exact) mass is 388 g/mol. The minimum atomic E-state index is -0.233. The lowest BCUT2D eigenvalue weighted by atomic mass is 9.89. The van der Waals surface area contributed by atoms with E-state index in [1.165, 1.54) is 0 Å². The second-order valence-electron chi connectivity index (χ2n) is 8.91. The predicted octanol–water partition coefficient (Wildman–Crippen LogP) is 5.43. The molecule has 1 atom stereocenters. The summed E-state index contributed by atoms with van der Waals surface area (Å²) in [6.07, 6.45) is 6.26. The largest absolute Gasteiger partial charge is 0.493 e. The Bertz CT molecular complexity index is 774. The number of aromatic nitrogens is 1. The van der Waals surface area contributed by atoms with E-state index < -0.39 is 0 Å². The third kappa shape index (κ3) is 5.98. The first-order valence-electron chi connectivity index (χ1n) is 10.6. The molecule has 0 aliphatic carbocycles. The van der Waals surface area contributed by atoms with E-state index in [2.05, 4.69) is 39.8 Å². The van der Waals surface area contributed by atoms with Gasteiger partial charge >= 0.3 is 0 Å². The van der Waals surface area contributed by atoms with Gasteiger partial charge in [0.2, 0.25) is 5.91 Å². The van der Waals surface area contributed by atoms with Crippen LogP contribution in [0.1, 0.15) is 78.0 Å². The highest BCUT2D eigenvalue weighted by Crippen LogP contribution is 2.33. The van der Waals surface area contributed by atoms with E-state index in [0.717, 1.165) is 66.5 Å². The minimum Gasteiger partial charge on any atom is -0.493 e. The second-order valence-corrected chi connectivity index (χ2v) is 8.91. The SMILES string of the molecule is CCCCC(CCOc1ccc2c(CC(C)(C)C)noc2c1CCC)C(N)=O. The average Bonchev–Trinajstić information content (AvgIpc) is 3.00. The number of nitrogens with zero attached hydrogens (tertiary/aromatic N) is 1. The van der Waals surface area contributed by atoms with Crippen molar-refractivity contribution in [3.05, 3.63) is 23.4 Å². The summed E-state index contributed by atoms with van der Waals surface area (Å²) in [6, 6.07) is 4.06. The molecule has 2 N–H and O–H groups in total. The lowest BCUT2D eigenvalue weighted by Gasteiger charge is -2.16. The smallest absolute Gasteiger partial charge is 0.220 e. The Balaban J connectivity index is 2.17. The fraction of sp³-hybridized carbons (Fsp3) is 0.652. The fourth-order valence-corrected chi connectivity index (χ4v) is 3.53. The quantitative estimate of drug-likeness (QED) is 0.557. The zero-order valence-corrected chi connectivity index (χ0v) is 18.1. The zero-order chi connectivity index (χ0) is 20.7. The van der Waals surface area contributed by atoms with Crippen molar-refractivity contribution < 1.29 is 14.1 Å². The van der Waals surface area contributed by atoms with Crippen LogP contribution in [-0.4, -0.2) is 17.7 Å². The number of carbonyl (C=O) groups is 1. The minimum absolute atomic E-state index is 0.123. The third-order valence-corrected chi connectivity index (χ3v) is 5.01. The number of nitrogens with two attached hydrogens (primary N) is 1. The van der Waals surface area contributed by atoms with Gasteiger partial charge in [-0.3, -0.25) is 4.79 Å². The van der Waals surface area contributed by atoms with Gasteiger partial charge in [-0.1, -0.05) is 59.0 Å². The third-order valence-electron chi connectivity index (χ3n) is 5.01. The molecule has 5 nitrogen and oxygen atoms in total. The molecule has 1 heterocycles. The Labute approximate surface area is 169 Å². The van der Waals surface area contributed by atoms with Crippen molar-refractivity contribution in [2.45, 2.75) is 79.6 Å². The van der Waals surface area contributed by atoms with Gasteiger partial charge in [0.05, 0.1) is 12.3 Å². The molecule has 1 unspecified atom stereocenters. The van der Waals surface area contributed by atoms with Crippen molar-refractivity contribution >= 4 is 16.9 Å². The normalized spacial score (nSPS) is 13.0. The Morgan fingerprint density at radius 1 is 1.21 bits per heavy atom. The van der Waals surface area contributed by atoms with Crippen molar-refractivity contribution in [1.82, 2.24) is 5.16 Å². The molecule has 2 aromatic rings. The molecule has 1 aromatic carbocycles. The van der Waals surface area contributed by atoms with Gasteiger partial charge in [-0.15, -0.1) is 0 Å². The first-order valence-corrected chi connectivity index (χ1v) is 10.6. The Kier molecular flexibility index (Phi) is 7.90. The van der Waals surface area contributed by atoms with Crippen molar-refractivity contribution in [1.29, 1.82) is 0 Å². The molecule has 0 aliphatic rings. The average molecular weight is 389 g/mol. The number of amides is 1. The molecule has 28 heavy (non-hydrogen) atoms. The van der Waals surface area contributed by atoms with Gasteiger partial charge in [0.1, 0.15) is 5.75 Å². The van der Waals surface area contributed by atoms with Crippen molar-refractivity contribution in [3.63, 3.8) is 0 Å². The Morgan fingerprint density at radius 3 is 2.57 bits per heavy atom. The van der Waals surface area contributed by atoms with E-state index in [-0.39, 0.29) is 17.2 Å². The molecule has 5 heteroatoms. The van der Waals surface area contributed by atoms with Crippen LogP contribution in [0.15, 0.2) is 16.7 Å². The van der Waals surface area contributed by atoms with Gasteiger partial charge in [-0.25, -0.2) is 0 Å². The van der Waals surface area contributed by atoms with E-state index in [1.54, 1.807) is 0 Å². The summed E-state index contributed by atoms with van der Waals surface area (Å²) in [4.78, 5) is 11.7. The summed E-state index contributed by atoms with van der Waals surface area (Å²) >= 11 is 0. The van der Waals surface area contributed by atoms with E-state index in [4.69, 9.17) is 15.0 Å². The maximum Gasteiger partial charge on any atom is 0.220 e. The highest BCUT2D eigenvalue weighted by molar-refractivity contribution is 5.84. The van der Waals surface area contributed by atoms with Crippen LogP contribution in [0.25, 0.3) is 11.0 Å². The van der Waals surface area contributed by atoms with E-state index >= 15 is 0 Å². The van der Waals surface area contributed by atoms with Gasteiger partial charge in [0.15, 0.2) is 5.58 Å². The van der Waals surface area contributed by atoms with Gasteiger partial charge in [0.25, 0.3) is 0 Å². The van der Waals surface area contributed by atoms with Crippen molar-refractivity contribution in [2.75, 3.05) is 6.61 Å². The second kappa shape index (κ2) is 9.94. The molecule has 0 fully saturated rings. The number of ether oxygens (including phenoxy) is 1. The topological polar surface area (TPSA) is 78.3 Å². The summed E-state index contributed by atoms with van der Waals surface area (Å²) in [5.41, 5.74) is 8.59. The number of benzene rings is 1. The molecular formula is C23H36N2O3. The summed E-state index contributed by atoms with van der Waals surface area (Å²) in [7, 11) is 0. The van der Waals surface area contributed by atoms with Gasteiger partial charge < -0.3 is 15.0 Å². The Morgan fingerprint density at radius 2 is 1.96 bits per heavy atom. The molecule has 0 saturated heterocycles. The highest BCUT2D eigenvalue weighted by atomic mass is 16.5. The maximum absolute atomic E-state index is 11.7. The summed E-state index contributed by atoms with van der Waals surface area (Å²) in [6.45, 7) is 11.3. The number of aryl methyl sites for hydroxylation is 1. The first-order chi connectivity index (χ1) is 13.3. The highest BCUT2D eigenvalue weighted by Gasteiger charge is 2.21. The van der Waals surface area contributed by atoms with Crippen LogP contribution in [0, 0.1) is 11.3 Å². The van der Waals surface area contributed by atoms with Crippen LogP contribution in [0.4, 0.5) is 0 Å². The van der Waals surface area contributed by atoms with Crippen LogP contribution < -0.4 is 10.5 Å². The number of hydrogen-bond donors (Lipinski definition) is 1. The number of primary amides is 1. The summed E-state index contributed by atoms with van der Waals surface area (Å²) < 4.78 is 11.8.